The number of thiazole rings is 1. The number of carbonyl (C=O) groups is 1. The van der Waals surface area contributed by atoms with Crippen LogP contribution in [0.3, 0.4) is 0 Å². The lowest BCUT2D eigenvalue weighted by atomic mass is 10.2. The Labute approximate surface area is 128 Å². The number of hydrogen-bond acceptors (Lipinski definition) is 4. The molecule has 20 heavy (non-hydrogen) atoms. The van der Waals surface area contributed by atoms with E-state index in [-0.39, 0.29) is 12.4 Å². The molecule has 0 saturated heterocycles. The summed E-state index contributed by atoms with van der Waals surface area (Å²) in [4.78, 5) is 16.2. The number of benzene rings is 1. The van der Waals surface area contributed by atoms with Crippen molar-refractivity contribution in [1.29, 1.82) is 0 Å². The highest BCUT2D eigenvalue weighted by molar-refractivity contribution is 7.13. The van der Waals surface area contributed by atoms with E-state index in [4.69, 9.17) is 16.0 Å². The lowest BCUT2D eigenvalue weighted by molar-refractivity contribution is -0.134. The fourth-order valence-corrected chi connectivity index (χ4v) is 3.35. The Kier molecular flexibility index (Phi) is 4.62. The first-order chi connectivity index (χ1) is 9.33. The number of rotatable bonds is 4. The average molecular weight is 326 g/mol. The summed E-state index contributed by atoms with van der Waals surface area (Å²) in [6.45, 7) is 5.97. The minimum atomic E-state index is -1.83. The average Bonchev–Trinajstić information content (AvgIpc) is 2.75. The van der Waals surface area contributed by atoms with Gasteiger partial charge in [0, 0.05) is 16.0 Å². The molecule has 0 fully saturated rings. The maximum atomic E-state index is 11.8. The maximum absolute atomic E-state index is 11.8. The highest BCUT2D eigenvalue weighted by Gasteiger charge is 2.20. The zero-order chi connectivity index (χ0) is 14.8. The van der Waals surface area contributed by atoms with Crippen LogP contribution in [0.4, 0.5) is 0 Å². The van der Waals surface area contributed by atoms with Crippen LogP contribution in [0.1, 0.15) is 5.69 Å². The van der Waals surface area contributed by atoms with Crippen molar-refractivity contribution in [3.8, 4) is 10.6 Å². The van der Waals surface area contributed by atoms with E-state index in [9.17, 15) is 4.79 Å². The molecule has 2 aromatic rings. The van der Waals surface area contributed by atoms with Gasteiger partial charge in [0.1, 0.15) is 5.01 Å². The van der Waals surface area contributed by atoms with Gasteiger partial charge in [0.2, 0.25) is 8.32 Å². The molecule has 0 aliphatic rings. The summed E-state index contributed by atoms with van der Waals surface area (Å²) in [5.74, 6) is -0.197. The summed E-state index contributed by atoms with van der Waals surface area (Å²) >= 11 is 7.38. The van der Waals surface area contributed by atoms with Gasteiger partial charge >= 0.3 is 0 Å². The van der Waals surface area contributed by atoms with E-state index in [2.05, 4.69) is 4.98 Å². The van der Waals surface area contributed by atoms with E-state index < -0.39 is 8.32 Å². The first kappa shape index (κ1) is 15.2. The molecule has 0 bridgehead atoms. The predicted molar refractivity (Wildman–Crippen MR) is 85.7 cm³/mol. The molecule has 0 aliphatic heterocycles. The quantitative estimate of drug-likeness (QED) is 0.783. The Morgan fingerprint density at radius 3 is 2.55 bits per heavy atom. The normalized spacial score (nSPS) is 11.4. The molecule has 0 saturated carbocycles. The summed E-state index contributed by atoms with van der Waals surface area (Å²) < 4.78 is 5.42. The lowest BCUT2D eigenvalue weighted by Crippen LogP contribution is -2.30. The summed E-state index contributed by atoms with van der Waals surface area (Å²) in [7, 11) is -1.83. The Bertz CT molecular complexity index is 604. The van der Waals surface area contributed by atoms with E-state index >= 15 is 0 Å². The van der Waals surface area contributed by atoms with E-state index in [1.165, 1.54) is 11.3 Å². The largest absolute Gasteiger partial charge is 0.520 e. The fourth-order valence-electron chi connectivity index (χ4n) is 1.64. The molecule has 0 atom stereocenters. The minimum Gasteiger partial charge on any atom is -0.520 e. The van der Waals surface area contributed by atoms with Crippen molar-refractivity contribution in [2.24, 2.45) is 0 Å². The second-order valence-corrected chi connectivity index (χ2v) is 11.1. The van der Waals surface area contributed by atoms with Crippen LogP contribution >= 0.6 is 22.9 Å². The second-order valence-electron chi connectivity index (χ2n) is 5.41. The van der Waals surface area contributed by atoms with Crippen molar-refractivity contribution in [2.75, 3.05) is 0 Å². The zero-order valence-corrected chi connectivity index (χ0v) is 14.2. The molecule has 106 valence electrons. The Morgan fingerprint density at radius 2 is 1.95 bits per heavy atom. The van der Waals surface area contributed by atoms with Gasteiger partial charge in [-0.2, -0.15) is 0 Å². The Hall–Kier alpha value is -1.17. The standard InChI is InChI=1S/C14H16ClNO2SSi/c1-20(2,3)18-13(17)8-12-9-19-14(16-12)10-4-6-11(15)7-5-10/h4-7,9H,8H2,1-3H3. The van der Waals surface area contributed by atoms with Crippen LogP contribution in [0.15, 0.2) is 29.6 Å². The van der Waals surface area contributed by atoms with Gasteiger partial charge in [0.15, 0.2) is 0 Å². The number of hydrogen-bond donors (Lipinski definition) is 0. The van der Waals surface area contributed by atoms with Crippen molar-refractivity contribution in [2.45, 2.75) is 26.1 Å². The molecule has 1 aromatic heterocycles. The van der Waals surface area contributed by atoms with E-state index in [1.807, 2.05) is 49.3 Å². The van der Waals surface area contributed by atoms with Crippen molar-refractivity contribution < 1.29 is 9.22 Å². The Balaban J connectivity index is 2.06. The topological polar surface area (TPSA) is 39.2 Å². The van der Waals surface area contributed by atoms with Crippen LogP contribution in [0.2, 0.25) is 24.7 Å². The van der Waals surface area contributed by atoms with Gasteiger partial charge in [-0.1, -0.05) is 23.7 Å². The summed E-state index contributed by atoms with van der Waals surface area (Å²) in [5, 5.41) is 3.48. The van der Waals surface area contributed by atoms with Crippen LogP contribution in [-0.2, 0) is 15.6 Å². The molecule has 0 unspecified atom stereocenters. The van der Waals surface area contributed by atoms with Gasteiger partial charge in [-0.25, -0.2) is 4.98 Å². The molecule has 0 N–H and O–H groups in total. The maximum Gasteiger partial charge on any atom is 0.298 e. The van der Waals surface area contributed by atoms with Crippen LogP contribution < -0.4 is 0 Å². The number of nitrogens with zero attached hydrogens (tertiary/aromatic N) is 1. The third-order valence-corrected chi connectivity index (χ3v) is 4.42. The lowest BCUT2D eigenvalue weighted by Gasteiger charge is -2.16. The van der Waals surface area contributed by atoms with Gasteiger partial charge in [-0.15, -0.1) is 11.3 Å². The van der Waals surface area contributed by atoms with Crippen LogP contribution in [0.5, 0.6) is 0 Å². The molecule has 6 heteroatoms. The number of aromatic nitrogens is 1. The van der Waals surface area contributed by atoms with E-state index in [0.29, 0.717) is 5.02 Å². The zero-order valence-electron chi connectivity index (χ0n) is 11.6. The van der Waals surface area contributed by atoms with Crippen molar-refractivity contribution in [3.05, 3.63) is 40.4 Å². The minimum absolute atomic E-state index is 0.197. The summed E-state index contributed by atoms with van der Waals surface area (Å²) in [6.07, 6.45) is 0.231. The van der Waals surface area contributed by atoms with Gasteiger partial charge in [0.25, 0.3) is 5.97 Å². The number of halogens is 1. The molecule has 0 aliphatic carbocycles. The molecule has 3 nitrogen and oxygen atoms in total. The Morgan fingerprint density at radius 1 is 1.30 bits per heavy atom. The molecule has 0 spiro atoms. The van der Waals surface area contributed by atoms with Crippen molar-refractivity contribution in [3.63, 3.8) is 0 Å². The first-order valence-corrected chi connectivity index (χ1v) is 10.9. The monoisotopic (exact) mass is 325 g/mol. The molecule has 2 rings (SSSR count). The van der Waals surface area contributed by atoms with Crippen LogP contribution in [0, 0.1) is 0 Å². The third kappa shape index (κ3) is 4.44. The van der Waals surface area contributed by atoms with E-state index in [1.54, 1.807) is 0 Å². The molecular formula is C14H16ClNO2SSi. The fraction of sp³-hybridized carbons (Fsp3) is 0.286. The third-order valence-electron chi connectivity index (χ3n) is 2.39. The van der Waals surface area contributed by atoms with E-state index in [0.717, 1.165) is 16.3 Å². The van der Waals surface area contributed by atoms with Gasteiger partial charge in [0.05, 0.1) is 12.1 Å². The van der Waals surface area contributed by atoms with Crippen LogP contribution in [-0.4, -0.2) is 19.3 Å². The highest BCUT2D eigenvalue weighted by atomic mass is 35.5. The SMILES string of the molecule is C[Si](C)(C)OC(=O)Cc1csc(-c2ccc(Cl)cc2)n1. The molecular weight excluding hydrogens is 310 g/mol. The van der Waals surface area contributed by atoms with Gasteiger partial charge in [-0.3, -0.25) is 4.79 Å². The van der Waals surface area contributed by atoms with Gasteiger partial charge < -0.3 is 4.43 Å². The predicted octanol–water partition coefficient (Wildman–Crippen LogP) is 4.38. The summed E-state index contributed by atoms with van der Waals surface area (Å²) in [5.41, 5.74) is 1.76. The van der Waals surface area contributed by atoms with Crippen LogP contribution in [0.25, 0.3) is 10.6 Å². The van der Waals surface area contributed by atoms with Crippen molar-refractivity contribution >= 4 is 37.2 Å². The molecule has 1 heterocycles. The van der Waals surface area contributed by atoms with Crippen molar-refractivity contribution in [1.82, 2.24) is 4.98 Å². The highest BCUT2D eigenvalue weighted by Crippen LogP contribution is 2.25. The smallest absolute Gasteiger partial charge is 0.298 e. The summed E-state index contributed by atoms with van der Waals surface area (Å²) in [6, 6.07) is 7.51. The second kappa shape index (κ2) is 6.07. The van der Waals surface area contributed by atoms with Gasteiger partial charge in [-0.05, 0) is 31.8 Å². The first-order valence-electron chi connectivity index (χ1n) is 6.26. The molecule has 0 amide bonds. The molecule has 0 radical (unpaired) electrons. The molecule has 1 aromatic carbocycles. The number of carbonyl (C=O) groups excluding carboxylic acids is 1.